The van der Waals surface area contributed by atoms with Crippen LogP contribution < -0.4 is 0 Å². The van der Waals surface area contributed by atoms with E-state index in [9.17, 15) is 9.59 Å². The molecule has 1 heterocycles. The summed E-state index contributed by atoms with van der Waals surface area (Å²) in [7, 11) is 0. The van der Waals surface area contributed by atoms with Gasteiger partial charge in [0.15, 0.2) is 0 Å². The summed E-state index contributed by atoms with van der Waals surface area (Å²) in [6.45, 7) is 5.93. The molecule has 0 aromatic heterocycles. The van der Waals surface area contributed by atoms with Gasteiger partial charge in [-0.1, -0.05) is 6.92 Å². The molecule has 1 aliphatic heterocycles. The minimum absolute atomic E-state index is 0.151. The maximum Gasteiger partial charge on any atom is 0.256 e. The zero-order chi connectivity index (χ0) is 12.3. The van der Waals surface area contributed by atoms with Crippen LogP contribution in [0.2, 0.25) is 0 Å². The lowest BCUT2D eigenvalue weighted by Gasteiger charge is -2.15. The molecule has 4 nitrogen and oxygen atoms in total. The van der Waals surface area contributed by atoms with Gasteiger partial charge in [-0.05, 0) is 32.6 Å². The lowest BCUT2D eigenvalue weighted by molar-refractivity contribution is -0.137. The molecule has 0 bridgehead atoms. The Morgan fingerprint density at radius 1 is 1.19 bits per heavy atom. The summed E-state index contributed by atoms with van der Waals surface area (Å²) in [5, 5.41) is 8.86. The van der Waals surface area contributed by atoms with Gasteiger partial charge in [-0.3, -0.25) is 14.5 Å². The third-order valence-corrected chi connectivity index (χ3v) is 3.08. The van der Waals surface area contributed by atoms with Crippen LogP contribution in [-0.2, 0) is 9.59 Å². The molecule has 1 N–H and O–H groups in total. The number of carbonyl (C=O) groups is 2. The van der Waals surface area contributed by atoms with Crippen LogP contribution in [0.3, 0.4) is 0 Å². The molecule has 0 saturated heterocycles. The van der Waals surface area contributed by atoms with E-state index < -0.39 is 0 Å². The first-order chi connectivity index (χ1) is 7.49. The van der Waals surface area contributed by atoms with Crippen molar-refractivity contribution in [3.8, 4) is 0 Å². The zero-order valence-electron chi connectivity index (χ0n) is 10.1. The largest absolute Gasteiger partial charge is 0.396 e. The zero-order valence-corrected chi connectivity index (χ0v) is 10.1. The number of carbonyl (C=O) groups excluding carboxylic acids is 2. The van der Waals surface area contributed by atoms with E-state index >= 15 is 0 Å². The Labute approximate surface area is 95.9 Å². The van der Waals surface area contributed by atoms with Gasteiger partial charge in [0.1, 0.15) is 0 Å². The number of aliphatic hydroxyl groups excluding tert-OH is 1. The summed E-state index contributed by atoms with van der Waals surface area (Å²) in [6.07, 6.45) is 1.57. The summed E-state index contributed by atoms with van der Waals surface area (Å²) < 4.78 is 0. The van der Waals surface area contributed by atoms with Gasteiger partial charge in [0, 0.05) is 24.3 Å². The van der Waals surface area contributed by atoms with Gasteiger partial charge >= 0.3 is 0 Å². The predicted molar refractivity (Wildman–Crippen MR) is 60.6 cm³/mol. The molecular formula is C12H19NO3. The third-order valence-electron chi connectivity index (χ3n) is 3.08. The Hall–Kier alpha value is -1.16. The highest BCUT2D eigenvalue weighted by atomic mass is 16.3. The first kappa shape index (κ1) is 12.9. The molecule has 0 aromatic rings. The van der Waals surface area contributed by atoms with Crippen LogP contribution in [0.15, 0.2) is 11.1 Å². The first-order valence-corrected chi connectivity index (χ1v) is 5.63. The highest BCUT2D eigenvalue weighted by molar-refractivity contribution is 6.18. The molecule has 0 aliphatic carbocycles. The van der Waals surface area contributed by atoms with Crippen molar-refractivity contribution in [3.63, 3.8) is 0 Å². The van der Waals surface area contributed by atoms with Crippen LogP contribution in [0.4, 0.5) is 0 Å². The van der Waals surface area contributed by atoms with Crippen molar-refractivity contribution in [3.05, 3.63) is 11.1 Å². The number of amides is 2. The molecule has 0 spiro atoms. The Balaban J connectivity index is 2.47. The van der Waals surface area contributed by atoms with Crippen LogP contribution in [0.5, 0.6) is 0 Å². The molecule has 2 amide bonds. The van der Waals surface area contributed by atoms with E-state index in [2.05, 4.69) is 0 Å². The summed E-state index contributed by atoms with van der Waals surface area (Å²) >= 11 is 0. The first-order valence-electron chi connectivity index (χ1n) is 5.63. The predicted octanol–water partition coefficient (Wildman–Crippen LogP) is 1.10. The fraction of sp³-hybridized carbons (Fsp3) is 0.667. The minimum atomic E-state index is -0.167. The second kappa shape index (κ2) is 5.25. The average molecular weight is 225 g/mol. The van der Waals surface area contributed by atoms with Crippen molar-refractivity contribution in [2.24, 2.45) is 5.92 Å². The maximum atomic E-state index is 11.7. The van der Waals surface area contributed by atoms with Crippen LogP contribution in [-0.4, -0.2) is 35.0 Å². The van der Waals surface area contributed by atoms with E-state index in [1.54, 1.807) is 13.8 Å². The van der Waals surface area contributed by atoms with Crippen molar-refractivity contribution < 1.29 is 14.7 Å². The summed E-state index contributed by atoms with van der Waals surface area (Å²) in [5.41, 5.74) is 1.11. The summed E-state index contributed by atoms with van der Waals surface area (Å²) in [5.74, 6) is -0.110. The molecule has 0 fully saturated rings. The molecule has 0 aromatic carbocycles. The second-order valence-corrected chi connectivity index (χ2v) is 4.44. The smallest absolute Gasteiger partial charge is 0.256 e. The molecule has 1 rings (SSSR count). The fourth-order valence-electron chi connectivity index (χ4n) is 1.71. The minimum Gasteiger partial charge on any atom is -0.396 e. The number of nitrogens with zero attached hydrogens (tertiary/aromatic N) is 1. The van der Waals surface area contributed by atoms with Crippen molar-refractivity contribution >= 4 is 11.8 Å². The van der Waals surface area contributed by atoms with Gasteiger partial charge in [-0.2, -0.15) is 0 Å². The van der Waals surface area contributed by atoms with Gasteiger partial charge < -0.3 is 5.11 Å². The van der Waals surface area contributed by atoms with Gasteiger partial charge in [-0.15, -0.1) is 0 Å². The van der Waals surface area contributed by atoms with E-state index in [1.807, 2.05) is 6.92 Å². The second-order valence-electron chi connectivity index (χ2n) is 4.44. The van der Waals surface area contributed by atoms with E-state index in [1.165, 1.54) is 4.90 Å². The molecule has 4 heteroatoms. The topological polar surface area (TPSA) is 57.6 Å². The number of hydrogen-bond donors (Lipinski definition) is 1. The van der Waals surface area contributed by atoms with Gasteiger partial charge in [0.05, 0.1) is 0 Å². The van der Waals surface area contributed by atoms with E-state index in [0.717, 1.165) is 12.8 Å². The molecule has 1 unspecified atom stereocenters. The van der Waals surface area contributed by atoms with Crippen LogP contribution in [0.25, 0.3) is 0 Å². The summed E-state index contributed by atoms with van der Waals surface area (Å²) in [6, 6.07) is 0. The quantitative estimate of drug-likeness (QED) is 0.713. The average Bonchev–Trinajstić information content (AvgIpc) is 2.46. The molecule has 0 radical (unpaired) electrons. The monoisotopic (exact) mass is 225 g/mol. The molecule has 0 saturated carbocycles. The highest BCUT2D eigenvalue weighted by Crippen LogP contribution is 2.20. The molecule has 1 aliphatic rings. The third kappa shape index (κ3) is 2.50. The molecule has 1 atom stereocenters. The number of imide groups is 1. The van der Waals surface area contributed by atoms with E-state index in [0.29, 0.717) is 17.7 Å². The standard InChI is InChI=1S/C12H19NO3/c1-8(7-14)5-4-6-13-11(15)9(2)10(3)12(13)16/h8,14H,4-7H2,1-3H3. The van der Waals surface area contributed by atoms with Crippen molar-refractivity contribution in [2.45, 2.75) is 33.6 Å². The van der Waals surface area contributed by atoms with Crippen LogP contribution in [0, 0.1) is 5.92 Å². The van der Waals surface area contributed by atoms with Gasteiger partial charge in [0.2, 0.25) is 0 Å². The lowest BCUT2D eigenvalue weighted by atomic mass is 10.1. The van der Waals surface area contributed by atoms with Crippen molar-refractivity contribution in [1.29, 1.82) is 0 Å². The van der Waals surface area contributed by atoms with Crippen molar-refractivity contribution in [2.75, 3.05) is 13.2 Å². The van der Waals surface area contributed by atoms with Crippen molar-refractivity contribution in [1.82, 2.24) is 4.90 Å². The fourth-order valence-corrected chi connectivity index (χ4v) is 1.71. The molecule has 16 heavy (non-hydrogen) atoms. The Morgan fingerprint density at radius 3 is 2.12 bits per heavy atom. The maximum absolute atomic E-state index is 11.7. The van der Waals surface area contributed by atoms with Crippen LogP contribution >= 0.6 is 0 Å². The Bertz CT molecular complexity index is 309. The number of rotatable bonds is 5. The molecular weight excluding hydrogens is 206 g/mol. The summed E-state index contributed by atoms with van der Waals surface area (Å²) in [4.78, 5) is 24.6. The van der Waals surface area contributed by atoms with Crippen LogP contribution in [0.1, 0.15) is 33.6 Å². The normalized spacial score (nSPS) is 18.6. The van der Waals surface area contributed by atoms with Gasteiger partial charge in [0.25, 0.3) is 11.8 Å². The number of aliphatic hydroxyl groups is 1. The van der Waals surface area contributed by atoms with E-state index in [-0.39, 0.29) is 24.3 Å². The lowest BCUT2D eigenvalue weighted by Crippen LogP contribution is -2.32. The molecule has 90 valence electrons. The van der Waals surface area contributed by atoms with Gasteiger partial charge in [-0.25, -0.2) is 0 Å². The Kier molecular flexibility index (Phi) is 4.24. The number of hydrogen-bond acceptors (Lipinski definition) is 3. The van der Waals surface area contributed by atoms with E-state index in [4.69, 9.17) is 5.11 Å². The highest BCUT2D eigenvalue weighted by Gasteiger charge is 2.32. The Morgan fingerprint density at radius 2 is 1.69 bits per heavy atom. The SMILES string of the molecule is CC1=C(C)C(=O)N(CCCC(C)CO)C1=O.